The first-order valence-corrected chi connectivity index (χ1v) is 9.57. The molecule has 152 valence electrons. The summed E-state index contributed by atoms with van der Waals surface area (Å²) < 4.78 is 5.41. The Labute approximate surface area is 169 Å². The largest absolute Gasteiger partial charge is 0.381 e. The molecule has 1 aliphatic heterocycles. The van der Waals surface area contributed by atoms with Gasteiger partial charge in [-0.25, -0.2) is 15.0 Å². The van der Waals surface area contributed by atoms with Gasteiger partial charge in [-0.05, 0) is 37.3 Å². The predicted octanol–water partition coefficient (Wildman–Crippen LogP) is 1.18. The van der Waals surface area contributed by atoms with Crippen LogP contribution in [0.25, 0.3) is 0 Å². The van der Waals surface area contributed by atoms with Crippen LogP contribution in [0.15, 0.2) is 18.3 Å². The molecule has 0 unspecified atom stereocenters. The second kappa shape index (κ2) is 9.82. The molecule has 29 heavy (non-hydrogen) atoms. The molecule has 1 fully saturated rings. The third-order valence-electron chi connectivity index (χ3n) is 4.44. The van der Waals surface area contributed by atoms with Gasteiger partial charge in [0.05, 0.1) is 12.2 Å². The van der Waals surface area contributed by atoms with Gasteiger partial charge in [-0.2, -0.15) is 0 Å². The van der Waals surface area contributed by atoms with Crippen molar-refractivity contribution < 1.29 is 9.53 Å². The summed E-state index contributed by atoms with van der Waals surface area (Å²) in [6.07, 6.45) is 4.01. The number of anilines is 3. The summed E-state index contributed by atoms with van der Waals surface area (Å²) in [5, 5.41) is 6.56. The number of nitrogens with zero attached hydrogens (tertiary/aromatic N) is 3. The maximum absolute atomic E-state index is 12.0. The predicted molar refractivity (Wildman–Crippen MR) is 111 cm³/mol. The topological polar surface area (TPSA) is 141 Å². The van der Waals surface area contributed by atoms with Crippen LogP contribution in [0.4, 0.5) is 17.3 Å². The van der Waals surface area contributed by atoms with E-state index in [1.54, 1.807) is 18.3 Å². The summed E-state index contributed by atoms with van der Waals surface area (Å²) in [4.78, 5) is 25.3. The third kappa shape index (κ3) is 5.40. The lowest BCUT2D eigenvalue weighted by Gasteiger charge is -2.25. The SMILES string of the molecule is CCc1nc(C(N)=O)c(Nc2ccnc(C#CCN)c2)nc1NC1CCOCC1. The van der Waals surface area contributed by atoms with Gasteiger partial charge >= 0.3 is 0 Å². The van der Waals surface area contributed by atoms with E-state index in [1.165, 1.54) is 0 Å². The minimum absolute atomic E-state index is 0.0887. The fourth-order valence-corrected chi connectivity index (χ4v) is 2.98. The van der Waals surface area contributed by atoms with Crippen LogP contribution in [-0.4, -0.2) is 46.7 Å². The number of hydrogen-bond acceptors (Lipinski definition) is 8. The minimum Gasteiger partial charge on any atom is -0.381 e. The molecule has 2 aromatic rings. The number of primary amides is 1. The van der Waals surface area contributed by atoms with Crippen molar-refractivity contribution in [3.05, 3.63) is 35.4 Å². The molecule has 1 saturated heterocycles. The summed E-state index contributed by atoms with van der Waals surface area (Å²) in [6, 6.07) is 3.74. The fraction of sp³-hybridized carbons (Fsp3) is 0.400. The zero-order chi connectivity index (χ0) is 20.6. The van der Waals surface area contributed by atoms with Crippen molar-refractivity contribution in [3.63, 3.8) is 0 Å². The highest BCUT2D eigenvalue weighted by molar-refractivity contribution is 5.96. The quantitative estimate of drug-likeness (QED) is 0.534. The molecule has 0 aromatic carbocycles. The normalized spacial score (nSPS) is 14.0. The Balaban J connectivity index is 1.93. The van der Waals surface area contributed by atoms with Crippen molar-refractivity contribution in [3.8, 4) is 11.8 Å². The molecule has 0 saturated carbocycles. The minimum atomic E-state index is -0.649. The Bertz CT molecular complexity index is 930. The Morgan fingerprint density at radius 1 is 1.31 bits per heavy atom. The molecular weight excluding hydrogens is 370 g/mol. The number of pyridine rings is 1. The van der Waals surface area contributed by atoms with E-state index < -0.39 is 5.91 Å². The Kier molecular flexibility index (Phi) is 6.94. The average molecular weight is 395 g/mol. The third-order valence-corrected chi connectivity index (χ3v) is 4.44. The molecule has 0 radical (unpaired) electrons. The van der Waals surface area contributed by atoms with Crippen LogP contribution in [0.5, 0.6) is 0 Å². The molecule has 9 heteroatoms. The Morgan fingerprint density at radius 3 is 2.79 bits per heavy atom. The van der Waals surface area contributed by atoms with Crippen LogP contribution >= 0.6 is 0 Å². The number of carbonyl (C=O) groups excluding carboxylic acids is 1. The highest BCUT2D eigenvalue weighted by Gasteiger charge is 2.20. The van der Waals surface area contributed by atoms with Gasteiger partial charge in [-0.3, -0.25) is 4.79 Å². The number of nitrogens with two attached hydrogens (primary N) is 2. The van der Waals surface area contributed by atoms with E-state index in [0.717, 1.165) is 12.8 Å². The first-order chi connectivity index (χ1) is 14.1. The van der Waals surface area contributed by atoms with E-state index in [0.29, 0.717) is 42.5 Å². The average Bonchev–Trinajstić information content (AvgIpc) is 2.73. The molecule has 2 aromatic heterocycles. The van der Waals surface area contributed by atoms with Crippen LogP contribution in [0, 0.1) is 11.8 Å². The van der Waals surface area contributed by atoms with E-state index in [4.69, 9.17) is 16.2 Å². The summed E-state index contributed by atoms with van der Waals surface area (Å²) >= 11 is 0. The summed E-state index contributed by atoms with van der Waals surface area (Å²) in [7, 11) is 0. The summed E-state index contributed by atoms with van der Waals surface area (Å²) in [5.41, 5.74) is 13.0. The van der Waals surface area contributed by atoms with Crippen LogP contribution in [-0.2, 0) is 11.2 Å². The summed E-state index contributed by atoms with van der Waals surface area (Å²) in [5.74, 6) is 5.91. The molecule has 0 aliphatic carbocycles. The van der Waals surface area contributed by atoms with Crippen molar-refractivity contribution in [2.45, 2.75) is 32.2 Å². The standard InChI is InChI=1S/C20H25N7O2/c1-2-16-19(24-13-6-10-29-11-7-13)27-20(17(26-16)18(22)28)25-15-5-9-23-14(12-15)4-3-8-21/h5,9,12-13H,2,6-8,10-11,21H2,1H3,(H2,22,28)(H2,23,24,25,27). The van der Waals surface area contributed by atoms with E-state index in [9.17, 15) is 4.79 Å². The van der Waals surface area contributed by atoms with E-state index in [-0.39, 0.29) is 24.1 Å². The van der Waals surface area contributed by atoms with Crippen LogP contribution in [0.3, 0.4) is 0 Å². The van der Waals surface area contributed by atoms with Gasteiger partial charge in [0.1, 0.15) is 5.69 Å². The highest BCUT2D eigenvalue weighted by Crippen LogP contribution is 2.24. The summed E-state index contributed by atoms with van der Waals surface area (Å²) in [6.45, 7) is 3.62. The van der Waals surface area contributed by atoms with E-state index in [2.05, 4.69) is 37.4 Å². The van der Waals surface area contributed by atoms with Crippen molar-refractivity contribution in [2.24, 2.45) is 11.5 Å². The number of rotatable bonds is 6. The Morgan fingerprint density at radius 2 is 2.10 bits per heavy atom. The van der Waals surface area contributed by atoms with Gasteiger partial charge in [0.25, 0.3) is 5.91 Å². The maximum Gasteiger partial charge on any atom is 0.271 e. The second-order valence-electron chi connectivity index (χ2n) is 6.53. The first-order valence-electron chi connectivity index (χ1n) is 9.57. The molecule has 9 nitrogen and oxygen atoms in total. The van der Waals surface area contributed by atoms with E-state index in [1.807, 2.05) is 6.92 Å². The molecular formula is C20H25N7O2. The van der Waals surface area contributed by atoms with Crippen LogP contribution < -0.4 is 22.1 Å². The number of nitrogens with one attached hydrogen (secondary N) is 2. The molecule has 1 aliphatic rings. The number of amides is 1. The van der Waals surface area contributed by atoms with Gasteiger partial charge < -0.3 is 26.8 Å². The second-order valence-corrected chi connectivity index (χ2v) is 6.53. The van der Waals surface area contributed by atoms with Crippen LogP contribution in [0.2, 0.25) is 0 Å². The van der Waals surface area contributed by atoms with E-state index >= 15 is 0 Å². The lowest BCUT2D eigenvalue weighted by Crippen LogP contribution is -2.29. The molecule has 3 rings (SSSR count). The van der Waals surface area contributed by atoms with Gasteiger partial charge in [0.2, 0.25) is 0 Å². The van der Waals surface area contributed by atoms with Crippen molar-refractivity contribution in [2.75, 3.05) is 30.4 Å². The highest BCUT2D eigenvalue weighted by atomic mass is 16.5. The number of aromatic nitrogens is 3. The monoisotopic (exact) mass is 395 g/mol. The number of hydrogen-bond donors (Lipinski definition) is 4. The number of aryl methyl sites for hydroxylation is 1. The smallest absolute Gasteiger partial charge is 0.271 e. The molecule has 0 atom stereocenters. The van der Waals surface area contributed by atoms with Crippen molar-refractivity contribution in [1.82, 2.24) is 15.0 Å². The number of ether oxygens (including phenoxy) is 1. The van der Waals surface area contributed by atoms with Crippen LogP contribution in [0.1, 0.15) is 41.6 Å². The lowest BCUT2D eigenvalue weighted by molar-refractivity contribution is 0.0903. The molecule has 1 amide bonds. The molecule has 3 heterocycles. The molecule has 0 bridgehead atoms. The lowest BCUT2D eigenvalue weighted by atomic mass is 10.1. The van der Waals surface area contributed by atoms with Gasteiger partial charge in [0, 0.05) is 31.1 Å². The zero-order valence-electron chi connectivity index (χ0n) is 16.4. The van der Waals surface area contributed by atoms with Crippen molar-refractivity contribution >= 4 is 23.2 Å². The Hall–Kier alpha value is -3.22. The first kappa shape index (κ1) is 20.5. The number of carbonyl (C=O) groups is 1. The van der Waals surface area contributed by atoms with Crippen molar-refractivity contribution in [1.29, 1.82) is 0 Å². The zero-order valence-corrected chi connectivity index (χ0v) is 16.4. The van der Waals surface area contributed by atoms with Gasteiger partial charge in [-0.1, -0.05) is 12.8 Å². The maximum atomic E-state index is 12.0. The molecule has 6 N–H and O–H groups in total. The molecule has 0 spiro atoms. The van der Waals surface area contributed by atoms with Gasteiger partial charge in [0.15, 0.2) is 17.3 Å². The fourth-order valence-electron chi connectivity index (χ4n) is 2.98. The van der Waals surface area contributed by atoms with Gasteiger partial charge in [-0.15, -0.1) is 0 Å².